The Bertz CT molecular complexity index is 2930. The van der Waals surface area contributed by atoms with Crippen LogP contribution >= 0.6 is 0 Å². The van der Waals surface area contributed by atoms with Crippen LogP contribution in [-0.4, -0.2) is 26.1 Å². The highest BCUT2D eigenvalue weighted by Crippen LogP contribution is 2.47. The van der Waals surface area contributed by atoms with E-state index in [9.17, 15) is 0 Å². The lowest BCUT2D eigenvalue weighted by molar-refractivity contribution is 0.925. The Labute approximate surface area is 367 Å². The molecule has 4 nitrogen and oxygen atoms in total. The largest absolute Gasteiger partial charge is 0.311 e. The van der Waals surface area contributed by atoms with Gasteiger partial charge in [0, 0.05) is 44.9 Å². The van der Waals surface area contributed by atoms with Crippen LogP contribution in [-0.2, 0) is 0 Å². The van der Waals surface area contributed by atoms with Crippen LogP contribution in [0.4, 0.5) is 34.1 Å². The normalized spacial score (nSPS) is 15.2. The molecule has 0 fully saturated rings. The van der Waals surface area contributed by atoms with Gasteiger partial charge in [0.25, 0.3) is 0 Å². The first-order valence-corrected chi connectivity index (χ1v) is 26.9. The Hall–Kier alpha value is -6.09. The van der Waals surface area contributed by atoms with E-state index in [2.05, 4.69) is 223 Å². The second-order valence-electron chi connectivity index (χ2n) is 19.0. The highest BCUT2D eigenvalue weighted by atomic mass is 28.3. The van der Waals surface area contributed by atoms with Crippen LogP contribution in [0.1, 0.15) is 55.4 Å². The number of para-hydroxylation sites is 4. The first kappa shape index (κ1) is 38.8. The van der Waals surface area contributed by atoms with Gasteiger partial charge in [-0.25, -0.2) is 9.97 Å². The number of nitrogens with zero attached hydrogens (tertiary/aromatic N) is 4. The van der Waals surface area contributed by atoms with Gasteiger partial charge in [-0.3, -0.25) is 0 Å². The summed E-state index contributed by atoms with van der Waals surface area (Å²) in [7, 11) is -4.22. The molecule has 0 N–H and O–H groups in total. The topological polar surface area (TPSA) is 32.3 Å². The average Bonchev–Trinajstić information content (AvgIpc) is 3.28. The summed E-state index contributed by atoms with van der Waals surface area (Å²) in [4.78, 5) is 15.8. The molecule has 1 aromatic heterocycles. The van der Waals surface area contributed by atoms with Crippen molar-refractivity contribution >= 4 is 115 Å². The van der Waals surface area contributed by atoms with E-state index < -0.39 is 16.1 Å². The standard InChI is InChI=1S/C56H54N4Si2/c1-35(2)61(36(3)4)51-21-13-9-17-47(51)59(48-18-10-14-22-52(48)61)41-27-29-43-39(33-41)25-31-45-55(43)58-56-44-30-28-42(34-40(44)26-32-46(56)57-45)60-49-19-11-15-23-53(49)62(37(5)6,38(7)8)54-24-16-12-20-50(54)60/h9-38H,1-8H3. The van der Waals surface area contributed by atoms with Crippen LogP contribution in [0.5, 0.6) is 0 Å². The lowest BCUT2D eigenvalue weighted by Gasteiger charge is -2.48. The Balaban J connectivity index is 1.05. The maximum absolute atomic E-state index is 5.50. The Morgan fingerprint density at radius 2 is 0.677 bits per heavy atom. The molecule has 0 unspecified atom stereocenters. The molecule has 8 aromatic carbocycles. The summed E-state index contributed by atoms with van der Waals surface area (Å²) >= 11 is 0. The van der Waals surface area contributed by atoms with Gasteiger partial charge in [0.15, 0.2) is 0 Å². The summed E-state index contributed by atoms with van der Waals surface area (Å²) in [5.41, 5.74) is 13.5. The third kappa shape index (κ3) is 5.23. The quantitative estimate of drug-likeness (QED) is 0.0949. The van der Waals surface area contributed by atoms with Crippen LogP contribution in [0.15, 0.2) is 158 Å². The number of benzene rings is 8. The number of anilines is 6. The number of hydrogen-bond donors (Lipinski definition) is 0. The fraction of sp³-hybridized carbons (Fsp3) is 0.214. The predicted octanol–water partition coefficient (Wildman–Crippen LogP) is 13.4. The predicted molar refractivity (Wildman–Crippen MR) is 272 cm³/mol. The lowest BCUT2D eigenvalue weighted by Crippen LogP contribution is -2.66. The molecule has 62 heavy (non-hydrogen) atoms. The minimum Gasteiger partial charge on any atom is -0.311 e. The molecular weight excluding hydrogens is 785 g/mol. The summed E-state index contributed by atoms with van der Waals surface area (Å²) in [6.07, 6.45) is 0. The Morgan fingerprint density at radius 3 is 1.00 bits per heavy atom. The molecule has 2 aliphatic heterocycles. The zero-order valence-corrected chi connectivity index (χ0v) is 39.1. The molecular formula is C56H54N4Si2. The summed E-state index contributed by atoms with van der Waals surface area (Å²) in [5, 5.41) is 10.7. The molecule has 0 spiro atoms. The van der Waals surface area contributed by atoms with Gasteiger partial charge >= 0.3 is 0 Å². The summed E-state index contributed by atoms with van der Waals surface area (Å²) in [6.45, 7) is 19.6. The van der Waals surface area contributed by atoms with Gasteiger partial charge in [0.1, 0.15) is 16.1 Å². The van der Waals surface area contributed by atoms with Gasteiger partial charge in [0.2, 0.25) is 0 Å². The van der Waals surface area contributed by atoms with Gasteiger partial charge in [0.05, 0.1) is 22.1 Å². The Kier molecular flexibility index (Phi) is 8.91. The molecule has 0 bridgehead atoms. The monoisotopic (exact) mass is 838 g/mol. The Morgan fingerprint density at radius 1 is 0.355 bits per heavy atom. The highest BCUT2D eigenvalue weighted by molar-refractivity contribution is 7.07. The summed E-state index contributed by atoms with van der Waals surface area (Å²) in [5.74, 6) is 0. The molecule has 11 rings (SSSR count). The van der Waals surface area contributed by atoms with Crippen molar-refractivity contribution in [2.24, 2.45) is 0 Å². The van der Waals surface area contributed by atoms with Crippen molar-refractivity contribution in [3.8, 4) is 0 Å². The van der Waals surface area contributed by atoms with E-state index in [1.54, 1.807) is 0 Å². The lowest BCUT2D eigenvalue weighted by atomic mass is 10.0. The van der Waals surface area contributed by atoms with Crippen LogP contribution in [0.25, 0.3) is 43.6 Å². The highest BCUT2D eigenvalue weighted by Gasteiger charge is 2.51. The van der Waals surface area contributed by atoms with Crippen molar-refractivity contribution in [1.29, 1.82) is 0 Å². The minimum atomic E-state index is -2.11. The van der Waals surface area contributed by atoms with E-state index in [0.717, 1.165) is 43.6 Å². The van der Waals surface area contributed by atoms with E-state index >= 15 is 0 Å². The number of aromatic nitrogens is 2. The van der Waals surface area contributed by atoms with Crippen molar-refractivity contribution in [2.45, 2.75) is 77.6 Å². The van der Waals surface area contributed by atoms with Gasteiger partial charge < -0.3 is 9.80 Å². The van der Waals surface area contributed by atoms with Crippen molar-refractivity contribution in [1.82, 2.24) is 9.97 Å². The molecule has 9 aromatic rings. The zero-order valence-electron chi connectivity index (χ0n) is 37.1. The second-order valence-corrected chi connectivity index (χ2v) is 29.2. The van der Waals surface area contributed by atoms with E-state index in [-0.39, 0.29) is 0 Å². The first-order valence-electron chi connectivity index (χ1n) is 22.6. The van der Waals surface area contributed by atoms with Crippen molar-refractivity contribution in [2.75, 3.05) is 9.80 Å². The minimum absolute atomic E-state index is 0.556. The molecule has 6 heteroatoms. The van der Waals surface area contributed by atoms with Gasteiger partial charge in [-0.05, 0) is 114 Å². The van der Waals surface area contributed by atoms with Crippen LogP contribution in [0, 0.1) is 0 Å². The molecule has 306 valence electrons. The fourth-order valence-electron chi connectivity index (χ4n) is 12.5. The van der Waals surface area contributed by atoms with E-state index in [4.69, 9.17) is 9.97 Å². The van der Waals surface area contributed by atoms with Crippen LogP contribution in [0.2, 0.25) is 22.2 Å². The van der Waals surface area contributed by atoms with Crippen molar-refractivity contribution in [3.63, 3.8) is 0 Å². The van der Waals surface area contributed by atoms with Crippen LogP contribution < -0.4 is 30.5 Å². The third-order valence-corrected chi connectivity index (χ3v) is 27.4. The van der Waals surface area contributed by atoms with Gasteiger partial charge in [-0.15, -0.1) is 0 Å². The van der Waals surface area contributed by atoms with Crippen LogP contribution in [0.3, 0.4) is 0 Å². The maximum Gasteiger partial charge on any atom is 0.128 e. The molecule has 0 saturated carbocycles. The molecule has 0 atom stereocenters. The maximum atomic E-state index is 5.50. The van der Waals surface area contributed by atoms with Gasteiger partial charge in [-0.2, -0.15) is 0 Å². The molecule has 0 aliphatic carbocycles. The summed E-state index contributed by atoms with van der Waals surface area (Å²) in [6, 6.07) is 59.4. The zero-order chi connectivity index (χ0) is 42.7. The van der Waals surface area contributed by atoms with Crippen molar-refractivity contribution in [3.05, 3.63) is 158 Å². The number of rotatable bonds is 6. The fourth-order valence-corrected chi connectivity index (χ4v) is 24.7. The van der Waals surface area contributed by atoms with Crippen molar-refractivity contribution < 1.29 is 0 Å². The average molecular weight is 839 g/mol. The van der Waals surface area contributed by atoms with E-state index in [1.807, 2.05) is 0 Å². The molecule has 0 amide bonds. The van der Waals surface area contributed by atoms with E-state index in [0.29, 0.717) is 22.2 Å². The third-order valence-electron chi connectivity index (χ3n) is 14.9. The van der Waals surface area contributed by atoms with E-state index in [1.165, 1.54) is 54.9 Å². The molecule has 3 heterocycles. The first-order chi connectivity index (χ1) is 30.1. The molecule has 0 saturated heterocycles. The molecule has 0 radical (unpaired) electrons. The number of fused-ring (bicyclic) bond motifs is 10. The SMILES string of the molecule is CC(C)[Si]1(C(C)C)c2ccccc2N(c2ccc3c(ccc4nc5ccc6cc(N7c8ccccc8[Si](C(C)C)(C(C)C)c8ccccc87)ccc6c5nc43)c2)c2ccccc21. The number of hydrogen-bond acceptors (Lipinski definition) is 4. The summed E-state index contributed by atoms with van der Waals surface area (Å²) < 4.78 is 0. The molecule has 2 aliphatic rings. The second kappa shape index (κ2) is 14.2. The van der Waals surface area contributed by atoms with Gasteiger partial charge in [-0.1, -0.05) is 152 Å². The smallest absolute Gasteiger partial charge is 0.128 e.